The van der Waals surface area contributed by atoms with Gasteiger partial charge in [-0.3, -0.25) is 4.79 Å². The standard InChI is InChI=1S/C11H21NO5/c1-8(13)12-9(10(14)15)7-16-5-6-17-11(2,3)4/h9H,5-7H2,1-4H3,(H,12,13)(H,14,15). The molecule has 17 heavy (non-hydrogen) atoms. The first-order chi connectivity index (χ1) is 7.72. The van der Waals surface area contributed by atoms with Gasteiger partial charge in [0.25, 0.3) is 0 Å². The van der Waals surface area contributed by atoms with Gasteiger partial charge in [0.1, 0.15) is 0 Å². The maximum atomic E-state index is 10.7. The Kier molecular flexibility index (Phi) is 6.75. The van der Waals surface area contributed by atoms with Crippen LogP contribution in [0.3, 0.4) is 0 Å². The van der Waals surface area contributed by atoms with E-state index in [9.17, 15) is 9.59 Å². The molecule has 0 aromatic carbocycles. The molecule has 2 N–H and O–H groups in total. The molecule has 0 radical (unpaired) electrons. The summed E-state index contributed by atoms with van der Waals surface area (Å²) in [5.74, 6) is -1.51. The molecule has 6 heteroatoms. The molecular formula is C11H21NO5. The molecule has 0 aliphatic rings. The van der Waals surface area contributed by atoms with Gasteiger partial charge in [0.05, 0.1) is 25.4 Å². The summed E-state index contributed by atoms with van der Waals surface area (Å²) < 4.78 is 10.5. The van der Waals surface area contributed by atoms with Crippen LogP contribution in [0.2, 0.25) is 0 Å². The van der Waals surface area contributed by atoms with Crippen molar-refractivity contribution >= 4 is 11.9 Å². The molecular weight excluding hydrogens is 226 g/mol. The first-order valence-electron chi connectivity index (χ1n) is 5.44. The Morgan fingerprint density at radius 2 is 1.88 bits per heavy atom. The lowest BCUT2D eigenvalue weighted by atomic mass is 10.2. The Morgan fingerprint density at radius 3 is 2.29 bits per heavy atom. The van der Waals surface area contributed by atoms with Gasteiger partial charge < -0.3 is 19.9 Å². The fourth-order valence-electron chi connectivity index (χ4n) is 1.03. The summed E-state index contributed by atoms with van der Waals surface area (Å²) in [7, 11) is 0. The number of carboxylic acids is 1. The number of carboxylic acid groups (broad SMARTS) is 1. The molecule has 0 heterocycles. The third kappa shape index (κ3) is 9.77. The Balaban J connectivity index is 3.76. The van der Waals surface area contributed by atoms with Crippen LogP contribution in [0, 0.1) is 0 Å². The van der Waals surface area contributed by atoms with Gasteiger partial charge >= 0.3 is 5.97 Å². The number of amides is 1. The second kappa shape index (κ2) is 7.24. The number of rotatable bonds is 7. The van der Waals surface area contributed by atoms with Crippen LogP contribution < -0.4 is 5.32 Å². The van der Waals surface area contributed by atoms with Gasteiger partial charge in [-0.1, -0.05) is 0 Å². The Hall–Kier alpha value is -1.14. The van der Waals surface area contributed by atoms with Crippen LogP contribution in [0.4, 0.5) is 0 Å². The molecule has 0 saturated heterocycles. The van der Waals surface area contributed by atoms with E-state index in [2.05, 4.69) is 5.32 Å². The van der Waals surface area contributed by atoms with Gasteiger partial charge in [0.15, 0.2) is 6.04 Å². The van der Waals surface area contributed by atoms with Crippen LogP contribution in [0.15, 0.2) is 0 Å². The minimum absolute atomic E-state index is 0.0670. The van der Waals surface area contributed by atoms with Gasteiger partial charge in [0, 0.05) is 6.92 Å². The molecule has 0 aromatic heterocycles. The lowest BCUT2D eigenvalue weighted by Crippen LogP contribution is -2.43. The van der Waals surface area contributed by atoms with Crippen LogP contribution in [0.25, 0.3) is 0 Å². The van der Waals surface area contributed by atoms with Crippen LogP contribution >= 0.6 is 0 Å². The van der Waals surface area contributed by atoms with Crippen LogP contribution in [-0.4, -0.2) is 48.4 Å². The smallest absolute Gasteiger partial charge is 0.328 e. The lowest BCUT2D eigenvalue weighted by molar-refractivity contribution is -0.143. The van der Waals surface area contributed by atoms with Crippen LogP contribution in [0.5, 0.6) is 0 Å². The zero-order chi connectivity index (χ0) is 13.5. The highest BCUT2D eigenvalue weighted by molar-refractivity contribution is 5.82. The van der Waals surface area contributed by atoms with Gasteiger partial charge in [-0.25, -0.2) is 4.79 Å². The van der Waals surface area contributed by atoms with Crippen molar-refractivity contribution in [3.63, 3.8) is 0 Å². The highest BCUT2D eigenvalue weighted by Gasteiger charge is 2.18. The van der Waals surface area contributed by atoms with E-state index in [1.165, 1.54) is 6.92 Å². The van der Waals surface area contributed by atoms with Crippen molar-refractivity contribution in [2.24, 2.45) is 0 Å². The normalized spacial score (nSPS) is 13.2. The van der Waals surface area contributed by atoms with Crippen molar-refractivity contribution in [2.75, 3.05) is 19.8 Å². The number of ether oxygens (including phenoxy) is 2. The Labute approximate surface area is 101 Å². The highest BCUT2D eigenvalue weighted by Crippen LogP contribution is 2.05. The third-order valence-corrected chi connectivity index (χ3v) is 1.72. The topological polar surface area (TPSA) is 84.9 Å². The molecule has 0 rings (SSSR count). The summed E-state index contributed by atoms with van der Waals surface area (Å²) in [5.41, 5.74) is -0.243. The van der Waals surface area contributed by atoms with E-state index in [1.807, 2.05) is 20.8 Å². The molecule has 0 aliphatic heterocycles. The van der Waals surface area contributed by atoms with Gasteiger partial charge in [-0.15, -0.1) is 0 Å². The number of hydrogen-bond acceptors (Lipinski definition) is 4. The molecule has 0 aromatic rings. The predicted molar refractivity (Wildman–Crippen MR) is 61.8 cm³/mol. The summed E-state index contributed by atoms with van der Waals surface area (Å²) >= 11 is 0. The minimum atomic E-state index is -1.11. The number of nitrogens with one attached hydrogen (secondary N) is 1. The first kappa shape index (κ1) is 15.9. The second-order valence-corrected chi connectivity index (χ2v) is 4.63. The van der Waals surface area contributed by atoms with E-state index < -0.39 is 17.9 Å². The Morgan fingerprint density at radius 1 is 1.29 bits per heavy atom. The van der Waals surface area contributed by atoms with E-state index in [0.717, 1.165) is 0 Å². The lowest BCUT2D eigenvalue weighted by Gasteiger charge is -2.20. The van der Waals surface area contributed by atoms with Gasteiger partial charge in [0.2, 0.25) is 5.91 Å². The molecule has 1 amide bonds. The molecule has 0 bridgehead atoms. The molecule has 0 saturated carbocycles. The molecule has 0 fully saturated rings. The number of carbonyl (C=O) groups is 2. The quantitative estimate of drug-likeness (QED) is 0.636. The van der Waals surface area contributed by atoms with E-state index >= 15 is 0 Å². The van der Waals surface area contributed by atoms with Crippen LogP contribution in [-0.2, 0) is 19.1 Å². The van der Waals surface area contributed by atoms with Gasteiger partial charge in [-0.05, 0) is 20.8 Å². The van der Waals surface area contributed by atoms with E-state index in [1.54, 1.807) is 0 Å². The fraction of sp³-hybridized carbons (Fsp3) is 0.818. The third-order valence-electron chi connectivity index (χ3n) is 1.72. The second-order valence-electron chi connectivity index (χ2n) is 4.63. The monoisotopic (exact) mass is 247 g/mol. The van der Waals surface area contributed by atoms with Crippen molar-refractivity contribution in [3.05, 3.63) is 0 Å². The number of carbonyl (C=O) groups excluding carboxylic acids is 1. The summed E-state index contributed by atoms with van der Waals surface area (Å²) in [6.07, 6.45) is 0. The maximum Gasteiger partial charge on any atom is 0.328 e. The SMILES string of the molecule is CC(=O)NC(COCCOC(C)(C)C)C(=O)O. The number of aliphatic carboxylic acids is 1. The first-order valence-corrected chi connectivity index (χ1v) is 5.44. The van der Waals surface area contributed by atoms with Crippen LogP contribution in [0.1, 0.15) is 27.7 Å². The molecule has 6 nitrogen and oxygen atoms in total. The van der Waals surface area contributed by atoms with Gasteiger partial charge in [-0.2, -0.15) is 0 Å². The maximum absolute atomic E-state index is 10.7. The predicted octanol–water partition coefficient (Wildman–Crippen LogP) is 0.407. The van der Waals surface area contributed by atoms with E-state index in [4.69, 9.17) is 14.6 Å². The number of hydrogen-bond donors (Lipinski definition) is 2. The summed E-state index contributed by atoms with van der Waals surface area (Å²) in [6, 6.07) is -1.01. The molecule has 100 valence electrons. The average Bonchev–Trinajstić information content (AvgIpc) is 2.12. The molecule has 1 unspecified atom stereocenters. The summed E-state index contributed by atoms with van der Waals surface area (Å²) in [4.78, 5) is 21.5. The van der Waals surface area contributed by atoms with Crippen molar-refractivity contribution < 1.29 is 24.2 Å². The minimum Gasteiger partial charge on any atom is -0.480 e. The fourth-order valence-corrected chi connectivity index (χ4v) is 1.03. The van der Waals surface area contributed by atoms with Crippen molar-refractivity contribution in [3.8, 4) is 0 Å². The zero-order valence-corrected chi connectivity index (χ0v) is 10.8. The van der Waals surface area contributed by atoms with Crippen molar-refractivity contribution in [2.45, 2.75) is 39.3 Å². The van der Waals surface area contributed by atoms with Crippen molar-refractivity contribution in [1.29, 1.82) is 0 Å². The summed E-state index contributed by atoms with van der Waals surface area (Å²) in [5, 5.41) is 11.1. The van der Waals surface area contributed by atoms with Crippen molar-refractivity contribution in [1.82, 2.24) is 5.32 Å². The largest absolute Gasteiger partial charge is 0.480 e. The highest BCUT2D eigenvalue weighted by atomic mass is 16.5. The molecule has 1 atom stereocenters. The van der Waals surface area contributed by atoms with E-state index in [0.29, 0.717) is 13.2 Å². The summed E-state index contributed by atoms with van der Waals surface area (Å²) in [6.45, 7) is 7.64. The average molecular weight is 247 g/mol. The van der Waals surface area contributed by atoms with E-state index in [-0.39, 0.29) is 12.2 Å². The zero-order valence-electron chi connectivity index (χ0n) is 10.8. The molecule has 0 spiro atoms. The Bertz CT molecular complexity index is 259. The molecule has 0 aliphatic carbocycles.